The van der Waals surface area contributed by atoms with Crippen molar-refractivity contribution < 1.29 is 4.79 Å². The number of hydrogen-bond acceptors (Lipinski definition) is 2. The van der Waals surface area contributed by atoms with Crippen molar-refractivity contribution in [3.63, 3.8) is 0 Å². The van der Waals surface area contributed by atoms with Crippen molar-refractivity contribution >= 4 is 5.91 Å². The topological polar surface area (TPSA) is 53.2 Å². The number of amides is 1. The zero-order valence-corrected chi connectivity index (χ0v) is 12.5. The predicted octanol–water partition coefficient (Wildman–Crippen LogP) is 2.47. The highest BCUT2D eigenvalue weighted by Crippen LogP contribution is 2.21. The van der Waals surface area contributed by atoms with Gasteiger partial charge in [0.1, 0.15) is 5.69 Å². The molecular weight excluding hydrogens is 276 g/mol. The predicted molar refractivity (Wildman–Crippen MR) is 85.8 cm³/mol. The summed E-state index contributed by atoms with van der Waals surface area (Å²) < 4.78 is 0. The quantitative estimate of drug-likeness (QED) is 0.946. The standard InChI is InChI=1S/C18H20N2O2/c21-16-8-9-19-17(12-16)18(22)20-10-4-7-15(13-20)11-14-5-2-1-3-6-14/h1-3,5-6,8-9,12,15H,4,7,10-11,13H2,(H,19,21). The summed E-state index contributed by atoms with van der Waals surface area (Å²) in [6.07, 6.45) is 4.68. The molecule has 0 aliphatic carbocycles. The molecule has 1 aromatic carbocycles. The Balaban J connectivity index is 1.67. The van der Waals surface area contributed by atoms with Crippen LogP contribution in [0.5, 0.6) is 0 Å². The molecule has 1 aromatic heterocycles. The molecular formula is C18H20N2O2. The van der Waals surface area contributed by atoms with Crippen LogP contribution in [0.4, 0.5) is 0 Å². The van der Waals surface area contributed by atoms with Gasteiger partial charge in [-0.1, -0.05) is 30.3 Å². The van der Waals surface area contributed by atoms with Crippen molar-refractivity contribution in [2.24, 2.45) is 5.92 Å². The molecule has 1 amide bonds. The minimum atomic E-state index is -0.139. The number of pyridine rings is 1. The molecule has 1 N–H and O–H groups in total. The van der Waals surface area contributed by atoms with Crippen LogP contribution >= 0.6 is 0 Å². The van der Waals surface area contributed by atoms with Gasteiger partial charge in [0, 0.05) is 31.4 Å². The fourth-order valence-corrected chi connectivity index (χ4v) is 3.10. The highest BCUT2D eigenvalue weighted by molar-refractivity contribution is 5.92. The van der Waals surface area contributed by atoms with E-state index in [0.29, 0.717) is 11.6 Å². The smallest absolute Gasteiger partial charge is 0.270 e. The number of carbonyl (C=O) groups excluding carboxylic acids is 1. The van der Waals surface area contributed by atoms with E-state index in [1.807, 2.05) is 11.0 Å². The molecule has 114 valence electrons. The molecule has 1 atom stereocenters. The Morgan fingerprint density at radius 2 is 2.05 bits per heavy atom. The number of nitrogens with zero attached hydrogens (tertiary/aromatic N) is 1. The molecule has 0 spiro atoms. The minimum Gasteiger partial charge on any atom is -0.357 e. The Labute approximate surface area is 129 Å². The number of rotatable bonds is 3. The second kappa shape index (κ2) is 6.60. The third-order valence-corrected chi connectivity index (χ3v) is 4.18. The molecule has 1 unspecified atom stereocenters. The second-order valence-corrected chi connectivity index (χ2v) is 5.89. The van der Waals surface area contributed by atoms with Crippen LogP contribution in [0, 0.1) is 5.92 Å². The lowest BCUT2D eigenvalue weighted by atomic mass is 9.91. The van der Waals surface area contributed by atoms with E-state index in [-0.39, 0.29) is 11.3 Å². The number of aromatic nitrogens is 1. The van der Waals surface area contributed by atoms with E-state index in [1.165, 1.54) is 23.9 Å². The van der Waals surface area contributed by atoms with Gasteiger partial charge in [0.15, 0.2) is 5.43 Å². The number of piperidine rings is 1. The van der Waals surface area contributed by atoms with E-state index in [4.69, 9.17) is 0 Å². The molecule has 0 saturated carbocycles. The lowest BCUT2D eigenvalue weighted by Gasteiger charge is -2.32. The third kappa shape index (κ3) is 3.45. The van der Waals surface area contributed by atoms with Gasteiger partial charge in [-0.2, -0.15) is 0 Å². The van der Waals surface area contributed by atoms with Crippen molar-refractivity contribution in [3.8, 4) is 0 Å². The van der Waals surface area contributed by atoms with Crippen LogP contribution in [0.25, 0.3) is 0 Å². The van der Waals surface area contributed by atoms with Gasteiger partial charge in [-0.3, -0.25) is 9.59 Å². The normalized spacial score (nSPS) is 18.2. The van der Waals surface area contributed by atoms with Crippen LogP contribution in [0.1, 0.15) is 28.9 Å². The van der Waals surface area contributed by atoms with E-state index in [0.717, 1.165) is 32.4 Å². The maximum absolute atomic E-state index is 12.5. The largest absolute Gasteiger partial charge is 0.357 e. The van der Waals surface area contributed by atoms with Crippen molar-refractivity contribution in [2.45, 2.75) is 19.3 Å². The van der Waals surface area contributed by atoms with E-state index >= 15 is 0 Å². The number of nitrogens with one attached hydrogen (secondary N) is 1. The van der Waals surface area contributed by atoms with E-state index < -0.39 is 0 Å². The van der Waals surface area contributed by atoms with E-state index in [1.54, 1.807) is 0 Å². The van der Waals surface area contributed by atoms with E-state index in [2.05, 4.69) is 29.2 Å². The summed E-state index contributed by atoms with van der Waals surface area (Å²) in [6, 6.07) is 13.2. The van der Waals surface area contributed by atoms with Crippen LogP contribution in [-0.4, -0.2) is 28.9 Å². The summed E-state index contributed by atoms with van der Waals surface area (Å²) in [7, 11) is 0. The molecule has 2 heterocycles. The first-order chi connectivity index (χ1) is 10.7. The summed E-state index contributed by atoms with van der Waals surface area (Å²) in [5.41, 5.74) is 1.56. The third-order valence-electron chi connectivity index (χ3n) is 4.18. The highest BCUT2D eigenvalue weighted by atomic mass is 16.2. The number of carbonyl (C=O) groups is 1. The second-order valence-electron chi connectivity index (χ2n) is 5.89. The average molecular weight is 296 g/mol. The van der Waals surface area contributed by atoms with Gasteiger partial charge in [0.25, 0.3) is 5.91 Å². The molecule has 0 bridgehead atoms. The SMILES string of the molecule is O=C(c1cc(=O)cc[nH]1)N1CCCC(Cc2ccccc2)C1. The zero-order valence-electron chi connectivity index (χ0n) is 12.5. The van der Waals surface area contributed by atoms with Crippen LogP contribution in [0.3, 0.4) is 0 Å². The van der Waals surface area contributed by atoms with Crippen molar-refractivity contribution in [1.82, 2.24) is 9.88 Å². The molecule has 1 fully saturated rings. The Bertz CT molecular complexity index is 693. The van der Waals surface area contributed by atoms with Crippen LogP contribution in [-0.2, 0) is 6.42 Å². The summed E-state index contributed by atoms with van der Waals surface area (Å²) in [5, 5.41) is 0. The molecule has 2 aromatic rings. The Hall–Kier alpha value is -2.36. The van der Waals surface area contributed by atoms with Gasteiger partial charge in [-0.15, -0.1) is 0 Å². The van der Waals surface area contributed by atoms with Crippen molar-refractivity contribution in [2.75, 3.05) is 13.1 Å². The molecule has 1 saturated heterocycles. The molecule has 4 nitrogen and oxygen atoms in total. The lowest BCUT2D eigenvalue weighted by molar-refractivity contribution is 0.0667. The van der Waals surface area contributed by atoms with Gasteiger partial charge >= 0.3 is 0 Å². The van der Waals surface area contributed by atoms with Gasteiger partial charge in [-0.25, -0.2) is 0 Å². The van der Waals surface area contributed by atoms with Crippen molar-refractivity contribution in [1.29, 1.82) is 0 Å². The number of benzene rings is 1. The zero-order chi connectivity index (χ0) is 15.4. The van der Waals surface area contributed by atoms with Gasteiger partial charge in [0.2, 0.25) is 0 Å². The first-order valence-corrected chi connectivity index (χ1v) is 7.74. The number of hydrogen-bond donors (Lipinski definition) is 1. The first-order valence-electron chi connectivity index (χ1n) is 7.74. The first kappa shape index (κ1) is 14.6. The van der Waals surface area contributed by atoms with Gasteiger partial charge in [0.05, 0.1) is 0 Å². The highest BCUT2D eigenvalue weighted by Gasteiger charge is 2.25. The van der Waals surface area contributed by atoms with Gasteiger partial charge in [-0.05, 0) is 30.7 Å². The molecule has 1 aliphatic heterocycles. The number of H-pyrrole nitrogens is 1. The average Bonchev–Trinajstić information content (AvgIpc) is 2.55. The number of likely N-dealkylation sites (tertiary alicyclic amines) is 1. The van der Waals surface area contributed by atoms with Crippen LogP contribution in [0.15, 0.2) is 53.5 Å². The number of aromatic amines is 1. The maximum Gasteiger partial charge on any atom is 0.270 e. The fraction of sp³-hybridized carbons (Fsp3) is 0.333. The fourth-order valence-electron chi connectivity index (χ4n) is 3.10. The summed E-state index contributed by atoms with van der Waals surface area (Å²) in [6.45, 7) is 1.52. The van der Waals surface area contributed by atoms with Gasteiger partial charge < -0.3 is 9.88 Å². The van der Waals surface area contributed by atoms with Crippen molar-refractivity contribution in [3.05, 3.63) is 70.1 Å². The monoisotopic (exact) mass is 296 g/mol. The van der Waals surface area contributed by atoms with Crippen LogP contribution < -0.4 is 5.43 Å². The lowest BCUT2D eigenvalue weighted by Crippen LogP contribution is -2.41. The summed E-state index contributed by atoms with van der Waals surface area (Å²) >= 11 is 0. The summed E-state index contributed by atoms with van der Waals surface area (Å²) in [5.74, 6) is 0.408. The molecule has 0 radical (unpaired) electrons. The maximum atomic E-state index is 12.5. The Morgan fingerprint density at radius 3 is 2.82 bits per heavy atom. The molecule has 1 aliphatic rings. The Kier molecular flexibility index (Phi) is 4.37. The molecule has 22 heavy (non-hydrogen) atoms. The molecule has 4 heteroatoms. The minimum absolute atomic E-state index is 0.0736. The van der Waals surface area contributed by atoms with Crippen LogP contribution in [0.2, 0.25) is 0 Å². The Morgan fingerprint density at radius 1 is 1.23 bits per heavy atom. The molecule has 3 rings (SSSR count). The van der Waals surface area contributed by atoms with E-state index in [9.17, 15) is 9.59 Å². The summed E-state index contributed by atoms with van der Waals surface area (Å²) in [4.78, 5) is 28.6.